The zero-order chi connectivity index (χ0) is 32.4. The van der Waals surface area contributed by atoms with E-state index in [1.165, 1.54) is 17.2 Å². The number of piperidine rings is 1. The van der Waals surface area contributed by atoms with E-state index in [0.717, 1.165) is 80.5 Å². The molecule has 4 heterocycles. The number of nitrogen functional groups attached to an aromatic ring is 1. The Hall–Kier alpha value is -3.89. The highest BCUT2D eigenvalue weighted by atomic mass is 32.1. The van der Waals surface area contributed by atoms with Crippen molar-refractivity contribution in [3.63, 3.8) is 0 Å². The summed E-state index contributed by atoms with van der Waals surface area (Å²) < 4.78 is 41.1. The van der Waals surface area contributed by atoms with Gasteiger partial charge in [0.1, 0.15) is 22.4 Å². The molecule has 242 valence electrons. The number of fused-ring (bicyclic) bond motifs is 2. The number of aryl methyl sites for hydroxylation is 1. The lowest BCUT2D eigenvalue weighted by Crippen LogP contribution is -2.75. The summed E-state index contributed by atoms with van der Waals surface area (Å²) in [7, 11) is 0. The first kappa shape index (κ1) is 30.7. The highest BCUT2D eigenvalue weighted by molar-refractivity contribution is 7.18. The number of benzene rings is 1. The Morgan fingerprint density at radius 1 is 1.17 bits per heavy atom. The predicted octanol–water partition coefficient (Wildman–Crippen LogP) is 6.04. The molecule has 0 radical (unpaired) electrons. The van der Waals surface area contributed by atoms with E-state index in [-0.39, 0.29) is 33.7 Å². The summed E-state index contributed by atoms with van der Waals surface area (Å²) in [5.74, 6) is 0.642. The van der Waals surface area contributed by atoms with Crippen LogP contribution in [0, 0.1) is 23.7 Å². The van der Waals surface area contributed by atoms with Gasteiger partial charge in [-0.1, -0.05) is 13.0 Å². The fourth-order valence-corrected chi connectivity index (χ4v) is 9.09. The molecule has 0 unspecified atom stereocenters. The molecule has 1 aliphatic heterocycles. The Morgan fingerprint density at radius 2 is 1.91 bits per heavy atom. The van der Waals surface area contributed by atoms with Crippen LogP contribution in [0.3, 0.4) is 0 Å². The van der Waals surface area contributed by atoms with Gasteiger partial charge in [-0.25, -0.2) is 4.98 Å². The number of carbonyl (C=O) groups is 1. The third-order valence-electron chi connectivity index (χ3n) is 10.1. The maximum absolute atomic E-state index is 13.0. The molecule has 9 nitrogen and oxygen atoms in total. The van der Waals surface area contributed by atoms with Gasteiger partial charge in [0.2, 0.25) is 11.9 Å². The van der Waals surface area contributed by atoms with Crippen LogP contribution < -0.4 is 16.4 Å². The molecule has 13 heteroatoms. The van der Waals surface area contributed by atoms with E-state index < -0.39 is 12.6 Å². The Bertz CT molecular complexity index is 1860. The summed E-state index contributed by atoms with van der Waals surface area (Å²) in [4.78, 5) is 23.5. The minimum absolute atomic E-state index is 0.0344. The summed E-state index contributed by atoms with van der Waals surface area (Å²) >= 11 is 1.00. The van der Waals surface area contributed by atoms with Crippen LogP contribution in [0.4, 0.5) is 24.9 Å². The molecule has 2 bridgehead atoms. The topological polar surface area (TPSA) is 125 Å². The average Bonchev–Trinajstić information content (AvgIpc) is 3.53. The lowest BCUT2D eigenvalue weighted by Gasteiger charge is -2.70. The number of anilines is 2. The highest BCUT2D eigenvalue weighted by Gasteiger charge is 2.68. The third-order valence-corrected chi connectivity index (χ3v) is 11.1. The van der Waals surface area contributed by atoms with E-state index in [1.807, 2.05) is 13.0 Å². The molecule has 4 aromatic rings. The zero-order valence-corrected chi connectivity index (χ0v) is 26.7. The van der Waals surface area contributed by atoms with Gasteiger partial charge in [-0.15, -0.1) is 11.3 Å². The number of alkyl halides is 3. The fraction of sp³-hybridized carbons (Fsp3) is 0.515. The molecule has 0 atom stereocenters. The van der Waals surface area contributed by atoms with E-state index in [2.05, 4.69) is 55.2 Å². The molecule has 0 spiro atoms. The number of nitrogens with two attached hydrogens (primary N) is 1. The van der Waals surface area contributed by atoms with Gasteiger partial charge in [-0.2, -0.15) is 23.4 Å². The number of aromatic nitrogens is 3. The Balaban J connectivity index is 0.997. The summed E-state index contributed by atoms with van der Waals surface area (Å²) in [5, 5.41) is 18.3. The van der Waals surface area contributed by atoms with Crippen LogP contribution >= 0.6 is 11.3 Å². The number of rotatable bonds is 9. The quantitative estimate of drug-likeness (QED) is 0.202. The molecule has 46 heavy (non-hydrogen) atoms. The van der Waals surface area contributed by atoms with Crippen LogP contribution in [0.25, 0.3) is 21.1 Å². The van der Waals surface area contributed by atoms with E-state index in [1.54, 1.807) is 0 Å². The molecule has 3 aromatic heterocycles. The summed E-state index contributed by atoms with van der Waals surface area (Å²) in [6.45, 7) is 7.30. The molecular weight excluding hydrogens is 613 g/mol. The normalized spacial score (nSPS) is 23.2. The molecule has 1 aromatic carbocycles. The van der Waals surface area contributed by atoms with E-state index in [0.29, 0.717) is 28.1 Å². The molecule has 8 rings (SSSR count). The zero-order valence-electron chi connectivity index (χ0n) is 25.9. The molecule has 1 amide bonds. The first-order valence-corrected chi connectivity index (χ1v) is 16.6. The Kier molecular flexibility index (Phi) is 7.44. The van der Waals surface area contributed by atoms with Crippen molar-refractivity contribution in [3.8, 4) is 6.07 Å². The maximum Gasteiger partial charge on any atom is 0.393 e. The minimum Gasteiger partial charge on any atom is -0.368 e. The molecule has 4 N–H and O–H groups in total. The average molecular weight is 651 g/mol. The number of halogens is 3. The monoisotopic (exact) mass is 650 g/mol. The lowest BCUT2D eigenvalue weighted by atomic mass is 9.39. The van der Waals surface area contributed by atoms with Crippen molar-refractivity contribution in [1.29, 1.82) is 5.26 Å². The number of hydrogen-bond acceptors (Lipinski definition) is 8. The van der Waals surface area contributed by atoms with Crippen molar-refractivity contribution in [2.45, 2.75) is 89.6 Å². The fourth-order valence-electron chi connectivity index (χ4n) is 8.03. The molecule has 4 aliphatic rings. The van der Waals surface area contributed by atoms with Gasteiger partial charge in [0.05, 0.1) is 11.8 Å². The van der Waals surface area contributed by atoms with Crippen molar-refractivity contribution >= 4 is 50.1 Å². The van der Waals surface area contributed by atoms with Crippen LogP contribution in [0.2, 0.25) is 0 Å². The molecule has 3 saturated carbocycles. The van der Waals surface area contributed by atoms with Gasteiger partial charge < -0.3 is 20.9 Å². The maximum atomic E-state index is 13.0. The van der Waals surface area contributed by atoms with Crippen molar-refractivity contribution in [2.75, 3.05) is 24.1 Å². The highest BCUT2D eigenvalue weighted by Crippen LogP contribution is 2.68. The largest absolute Gasteiger partial charge is 0.393 e. The number of nitriles is 1. The third kappa shape index (κ3) is 5.66. The first-order chi connectivity index (χ1) is 21.9. The molecule has 1 saturated heterocycles. The second-order valence-corrected chi connectivity index (χ2v) is 14.7. The summed E-state index contributed by atoms with van der Waals surface area (Å²) in [5.41, 5.74) is 10.2. The van der Waals surface area contributed by atoms with E-state index in [4.69, 9.17) is 5.73 Å². The second-order valence-electron chi connectivity index (χ2n) is 13.6. The lowest BCUT2D eigenvalue weighted by molar-refractivity contribution is -0.171. The smallest absolute Gasteiger partial charge is 0.368 e. The first-order valence-electron chi connectivity index (χ1n) is 15.8. The number of thiophene rings is 1. The predicted molar refractivity (Wildman–Crippen MR) is 172 cm³/mol. The van der Waals surface area contributed by atoms with Crippen LogP contribution in [0.15, 0.2) is 24.3 Å². The number of hydrogen-bond donors (Lipinski definition) is 3. The van der Waals surface area contributed by atoms with E-state index >= 15 is 0 Å². The molecular formula is C33H37F3N8OS. The minimum atomic E-state index is -4.29. The number of likely N-dealkylation sites (tertiary alicyclic amines) is 1. The molecule has 4 fully saturated rings. The van der Waals surface area contributed by atoms with Gasteiger partial charge in [0.25, 0.3) is 0 Å². The van der Waals surface area contributed by atoms with Gasteiger partial charge in [-0.05, 0) is 73.8 Å². The van der Waals surface area contributed by atoms with Crippen molar-refractivity contribution < 1.29 is 18.0 Å². The van der Waals surface area contributed by atoms with Gasteiger partial charge in [-0.3, -0.25) is 9.69 Å². The van der Waals surface area contributed by atoms with Crippen molar-refractivity contribution in [3.05, 3.63) is 46.0 Å². The number of nitrogens with one attached hydrogen (secondary N) is 2. The SMILES string of the molecule is CCC(=O)NC12CC(Cn3c(C#N)cc4c(C)c(CN5CCC(Nc6nc(N)nc7sc(CC(F)(F)F)cc67)CC5)ccc43)(C1)C2. The second kappa shape index (κ2) is 11.1. The number of carbonyl (C=O) groups excluding carboxylic acids is 1. The van der Waals surface area contributed by atoms with Crippen LogP contribution in [0.5, 0.6) is 0 Å². The van der Waals surface area contributed by atoms with Crippen LogP contribution in [-0.2, 0) is 24.3 Å². The van der Waals surface area contributed by atoms with Crippen LogP contribution in [-0.4, -0.2) is 56.2 Å². The van der Waals surface area contributed by atoms with Gasteiger partial charge >= 0.3 is 6.18 Å². The van der Waals surface area contributed by atoms with Gasteiger partial charge in [0.15, 0.2) is 0 Å². The van der Waals surface area contributed by atoms with Crippen LogP contribution in [0.1, 0.15) is 67.1 Å². The Morgan fingerprint density at radius 3 is 2.59 bits per heavy atom. The summed E-state index contributed by atoms with van der Waals surface area (Å²) in [6, 6.07) is 10.4. The van der Waals surface area contributed by atoms with Crippen molar-refractivity contribution in [1.82, 2.24) is 24.8 Å². The van der Waals surface area contributed by atoms with Crippen molar-refractivity contribution in [2.24, 2.45) is 5.41 Å². The Labute approximate surface area is 269 Å². The van der Waals surface area contributed by atoms with E-state index in [9.17, 15) is 23.2 Å². The number of nitrogens with zero attached hydrogens (tertiary/aromatic N) is 5. The summed E-state index contributed by atoms with van der Waals surface area (Å²) in [6.07, 6.45) is -0.171. The number of amides is 1. The molecule has 3 aliphatic carbocycles. The van der Waals surface area contributed by atoms with Gasteiger partial charge in [0, 0.05) is 60.0 Å². The standard InChI is InChI=1S/C33H37F3N8OS/c1-3-27(45)42-32-15-31(16-32,17-32)18-44-22(13-37)10-24-19(2)20(4-5-26(24)44)14-43-8-6-21(7-9-43)39-28-25-11-23(12-33(34,35)36)46-29(25)41-30(38)40-28/h4-5,10-11,21H,3,6-9,12,14-18H2,1-2H3,(H,42,45)(H3,38,39,40,41).